The molecule has 4 heterocycles. The van der Waals surface area contributed by atoms with Crippen LogP contribution in [0.1, 0.15) is 53.1 Å². The van der Waals surface area contributed by atoms with E-state index in [1.165, 1.54) is 19.4 Å². The summed E-state index contributed by atoms with van der Waals surface area (Å²) in [7, 11) is 0. The van der Waals surface area contributed by atoms with Crippen molar-refractivity contribution in [1.29, 1.82) is 0 Å². The lowest BCUT2D eigenvalue weighted by Crippen LogP contribution is -2.40. The zero-order valence-corrected chi connectivity index (χ0v) is 20.8. The minimum Gasteiger partial charge on any atom is -0.455 e. The Kier molecular flexibility index (Phi) is 6.79. The molecule has 1 amide bonds. The fourth-order valence-electron chi connectivity index (χ4n) is 5.76. The number of piperidine rings is 1. The number of aryl methyl sites for hydroxylation is 2. The molecule has 2 aromatic heterocycles. The number of nitrogens with zero attached hydrogens (tertiary/aromatic N) is 3. The maximum atomic E-state index is 14.3. The number of amides is 1. The Morgan fingerprint density at radius 1 is 1.08 bits per heavy atom. The van der Waals surface area contributed by atoms with Crippen molar-refractivity contribution < 1.29 is 31.9 Å². The molecule has 0 spiro atoms. The van der Waals surface area contributed by atoms with Crippen LogP contribution < -0.4 is 5.32 Å². The van der Waals surface area contributed by atoms with Crippen molar-refractivity contribution in [2.45, 2.75) is 57.3 Å². The number of hydrogen-bond acceptors (Lipinski definition) is 6. The van der Waals surface area contributed by atoms with Gasteiger partial charge in [0.2, 0.25) is 5.76 Å². The molecule has 37 heavy (non-hydrogen) atoms. The fourth-order valence-corrected chi connectivity index (χ4v) is 5.76. The molecule has 202 valence electrons. The molecular formula is C26H33F3N4O4. The molecule has 8 nitrogen and oxygen atoms in total. The van der Waals surface area contributed by atoms with Crippen LogP contribution in [0.4, 0.5) is 13.2 Å². The Bertz CT molecular complexity index is 1130. The predicted octanol–water partition coefficient (Wildman–Crippen LogP) is 3.53. The number of alkyl halides is 3. The van der Waals surface area contributed by atoms with Gasteiger partial charge in [0.15, 0.2) is 0 Å². The quantitative estimate of drug-likeness (QED) is 0.599. The van der Waals surface area contributed by atoms with Crippen LogP contribution in [-0.2, 0) is 35.0 Å². The van der Waals surface area contributed by atoms with Gasteiger partial charge in [-0.3, -0.25) is 9.48 Å². The first-order chi connectivity index (χ1) is 17.8. The van der Waals surface area contributed by atoms with Gasteiger partial charge >= 0.3 is 6.18 Å². The molecule has 0 unspecified atom stereocenters. The highest BCUT2D eigenvalue weighted by molar-refractivity contribution is 5.96. The zero-order chi connectivity index (χ0) is 25.6. The van der Waals surface area contributed by atoms with Gasteiger partial charge in [-0.2, -0.15) is 18.3 Å². The van der Waals surface area contributed by atoms with E-state index in [1.54, 1.807) is 4.68 Å². The van der Waals surface area contributed by atoms with E-state index in [4.69, 9.17) is 13.9 Å². The van der Waals surface area contributed by atoms with Crippen LogP contribution in [0.5, 0.6) is 0 Å². The van der Waals surface area contributed by atoms with Crippen molar-refractivity contribution in [3.63, 3.8) is 0 Å². The first-order valence-electron chi connectivity index (χ1n) is 13.3. The van der Waals surface area contributed by atoms with Gasteiger partial charge < -0.3 is 24.1 Å². The zero-order valence-electron chi connectivity index (χ0n) is 20.8. The van der Waals surface area contributed by atoms with Crippen LogP contribution in [0.25, 0.3) is 11.3 Å². The van der Waals surface area contributed by atoms with Gasteiger partial charge in [0, 0.05) is 32.3 Å². The summed E-state index contributed by atoms with van der Waals surface area (Å²) < 4.78 is 61.1. The van der Waals surface area contributed by atoms with Gasteiger partial charge in [0.1, 0.15) is 11.3 Å². The summed E-state index contributed by atoms with van der Waals surface area (Å²) in [4.78, 5) is 15.4. The fraction of sp³-hybridized carbons (Fsp3) is 0.692. The average Bonchev–Trinajstić information content (AvgIpc) is 3.44. The van der Waals surface area contributed by atoms with Crippen molar-refractivity contribution >= 4 is 5.91 Å². The third-order valence-electron chi connectivity index (χ3n) is 7.91. The smallest absolute Gasteiger partial charge is 0.420 e. The van der Waals surface area contributed by atoms with Gasteiger partial charge in [0.25, 0.3) is 5.91 Å². The maximum absolute atomic E-state index is 14.3. The molecule has 2 saturated heterocycles. The number of furan rings is 1. The van der Waals surface area contributed by atoms with Crippen LogP contribution >= 0.6 is 0 Å². The van der Waals surface area contributed by atoms with E-state index >= 15 is 0 Å². The lowest BCUT2D eigenvalue weighted by molar-refractivity contribution is -0.137. The molecular weight excluding hydrogens is 489 g/mol. The lowest BCUT2D eigenvalue weighted by atomic mass is 9.93. The number of likely N-dealkylation sites (tertiary alicyclic amines) is 1. The maximum Gasteiger partial charge on any atom is 0.420 e. The van der Waals surface area contributed by atoms with E-state index in [0.29, 0.717) is 38.5 Å². The third-order valence-corrected chi connectivity index (χ3v) is 7.91. The second-order valence-corrected chi connectivity index (χ2v) is 10.8. The number of rotatable bonds is 7. The average molecular weight is 523 g/mol. The van der Waals surface area contributed by atoms with Crippen LogP contribution in [0, 0.1) is 11.8 Å². The molecule has 3 fully saturated rings. The molecule has 6 rings (SSSR count). The molecule has 2 aliphatic heterocycles. The Morgan fingerprint density at radius 2 is 1.86 bits per heavy atom. The van der Waals surface area contributed by atoms with Crippen LogP contribution in [0.15, 0.2) is 10.6 Å². The first-order valence-corrected chi connectivity index (χ1v) is 13.3. The van der Waals surface area contributed by atoms with Gasteiger partial charge in [-0.1, -0.05) is 0 Å². The molecule has 1 N–H and O–H groups in total. The molecule has 0 aromatic carbocycles. The number of ether oxygens (including phenoxy) is 2. The number of carbonyl (C=O) groups is 1. The standard InChI is InChI=1S/C26H33F3N4O4/c27-26(28,29)22-21-20(37-24(22)25(34)30-11-19-15-35-9-10-36-19)4-3-18-14-33(31-23(18)21)13-17-5-7-32(8-6-17)12-16-1-2-16/h14,16-17,19H,1-13,15H2,(H,30,34)/t19-/m1/s1. The van der Waals surface area contributed by atoms with E-state index in [1.807, 2.05) is 6.20 Å². The summed E-state index contributed by atoms with van der Waals surface area (Å²) in [6.07, 6.45) is 2.38. The van der Waals surface area contributed by atoms with E-state index in [9.17, 15) is 18.0 Å². The summed E-state index contributed by atoms with van der Waals surface area (Å²) in [5, 5.41) is 7.13. The molecule has 2 aliphatic carbocycles. The minimum atomic E-state index is -4.76. The van der Waals surface area contributed by atoms with Gasteiger partial charge in [-0.25, -0.2) is 0 Å². The molecule has 0 radical (unpaired) electrons. The Morgan fingerprint density at radius 3 is 2.57 bits per heavy atom. The van der Waals surface area contributed by atoms with Crippen LogP contribution in [-0.4, -0.2) is 72.7 Å². The normalized spacial score (nSPS) is 23.1. The van der Waals surface area contributed by atoms with Crippen molar-refractivity contribution in [2.24, 2.45) is 11.8 Å². The highest BCUT2D eigenvalue weighted by atomic mass is 19.4. The third kappa shape index (κ3) is 5.44. The van der Waals surface area contributed by atoms with Gasteiger partial charge in [-0.15, -0.1) is 0 Å². The number of halogens is 3. The number of fused-ring (bicyclic) bond motifs is 3. The highest BCUT2D eigenvalue weighted by Crippen LogP contribution is 2.46. The molecule has 1 saturated carbocycles. The van der Waals surface area contributed by atoms with Crippen LogP contribution in [0.3, 0.4) is 0 Å². The summed E-state index contributed by atoms with van der Waals surface area (Å²) in [5.74, 6) is -0.117. The summed E-state index contributed by atoms with van der Waals surface area (Å²) >= 11 is 0. The summed E-state index contributed by atoms with van der Waals surface area (Å²) in [6.45, 7) is 5.20. The summed E-state index contributed by atoms with van der Waals surface area (Å²) in [6, 6.07) is 0. The van der Waals surface area contributed by atoms with Crippen molar-refractivity contribution in [2.75, 3.05) is 46.0 Å². The molecule has 2 aromatic rings. The topological polar surface area (TPSA) is 81.8 Å². The molecule has 1 atom stereocenters. The Balaban J connectivity index is 1.19. The number of carbonyl (C=O) groups excluding carboxylic acids is 1. The Hall–Kier alpha value is -2.37. The number of hydrogen-bond donors (Lipinski definition) is 1. The van der Waals surface area contributed by atoms with E-state index in [0.717, 1.165) is 37.4 Å². The first kappa shape index (κ1) is 24.9. The van der Waals surface area contributed by atoms with Gasteiger partial charge in [-0.05, 0) is 62.6 Å². The van der Waals surface area contributed by atoms with Crippen LogP contribution in [0.2, 0.25) is 0 Å². The second kappa shape index (κ2) is 10.1. The van der Waals surface area contributed by atoms with E-state index in [2.05, 4.69) is 15.3 Å². The molecule has 4 aliphatic rings. The van der Waals surface area contributed by atoms with Crippen molar-refractivity contribution in [1.82, 2.24) is 20.0 Å². The Labute approximate surface area is 213 Å². The number of nitrogens with one attached hydrogen (secondary N) is 1. The molecule has 11 heteroatoms. The molecule has 0 bridgehead atoms. The largest absolute Gasteiger partial charge is 0.455 e. The predicted molar refractivity (Wildman–Crippen MR) is 127 cm³/mol. The van der Waals surface area contributed by atoms with Gasteiger partial charge in [0.05, 0.1) is 37.2 Å². The minimum absolute atomic E-state index is 0.0425. The van der Waals surface area contributed by atoms with E-state index in [-0.39, 0.29) is 30.2 Å². The SMILES string of the molecule is O=C(NC[C@@H]1COCCO1)c1oc2c(c1C(F)(F)F)-c1nn(CC3CCN(CC4CC4)CC3)cc1CC2. The number of aromatic nitrogens is 2. The lowest BCUT2D eigenvalue weighted by Gasteiger charge is -2.31. The van der Waals surface area contributed by atoms with E-state index < -0.39 is 29.5 Å². The van der Waals surface area contributed by atoms with Crippen molar-refractivity contribution in [3.8, 4) is 11.3 Å². The summed E-state index contributed by atoms with van der Waals surface area (Å²) in [5.41, 5.74) is -0.0780. The monoisotopic (exact) mass is 522 g/mol. The highest BCUT2D eigenvalue weighted by Gasteiger charge is 2.45. The van der Waals surface area contributed by atoms with Crippen molar-refractivity contribution in [3.05, 3.63) is 28.8 Å². The second-order valence-electron chi connectivity index (χ2n) is 10.8.